The molecule has 0 aromatic rings. The Hall–Kier alpha value is -0.760. The van der Waals surface area contributed by atoms with Crippen LogP contribution in [0.5, 0.6) is 0 Å². The zero-order valence-corrected chi connectivity index (χ0v) is 39.5. The molecule has 9 heteroatoms. The topological polar surface area (TPSA) is 108 Å². The number of phosphoric ester groups is 1. The van der Waals surface area contributed by atoms with Crippen molar-refractivity contribution in [3.63, 3.8) is 0 Å². The van der Waals surface area contributed by atoms with E-state index in [1.54, 1.807) is 0 Å². The minimum Gasteiger partial charge on any atom is -0.756 e. The zero-order chi connectivity index (χ0) is 42.1. The number of allylic oxidation sites excluding steroid dienone is 2. The number of aliphatic hydroxyl groups is 1. The van der Waals surface area contributed by atoms with Crippen molar-refractivity contribution in [1.29, 1.82) is 0 Å². The second-order valence-electron chi connectivity index (χ2n) is 18.2. The number of likely N-dealkylation sites (N-methyl/N-ethyl adjacent to an activating group) is 1. The van der Waals surface area contributed by atoms with Crippen LogP contribution in [0.1, 0.15) is 239 Å². The molecule has 0 radical (unpaired) electrons. The van der Waals surface area contributed by atoms with Gasteiger partial charge in [0.05, 0.1) is 39.9 Å². The third-order valence-corrected chi connectivity index (χ3v) is 12.2. The second kappa shape index (κ2) is 40.6. The molecule has 0 saturated heterocycles. The summed E-state index contributed by atoms with van der Waals surface area (Å²) in [7, 11) is 1.31. The number of carbonyl (C=O) groups is 1. The van der Waals surface area contributed by atoms with Crippen LogP contribution in [0.2, 0.25) is 0 Å². The molecule has 0 heterocycles. The molecule has 1 amide bonds. The van der Waals surface area contributed by atoms with E-state index in [-0.39, 0.29) is 19.1 Å². The van der Waals surface area contributed by atoms with Gasteiger partial charge in [0.2, 0.25) is 5.91 Å². The fraction of sp³-hybridized carbons (Fsp3) is 0.938. The molecular formula is C48H97N2O6P. The van der Waals surface area contributed by atoms with Gasteiger partial charge in [-0.15, -0.1) is 0 Å². The van der Waals surface area contributed by atoms with Crippen LogP contribution in [0.15, 0.2) is 12.2 Å². The van der Waals surface area contributed by atoms with Crippen molar-refractivity contribution in [2.45, 2.75) is 251 Å². The summed E-state index contributed by atoms with van der Waals surface area (Å²) in [5.74, 6) is -0.163. The van der Waals surface area contributed by atoms with Crippen LogP contribution in [0, 0.1) is 0 Å². The highest BCUT2D eigenvalue weighted by atomic mass is 31.2. The number of unbranched alkanes of at least 4 members (excludes halogenated alkanes) is 30. The van der Waals surface area contributed by atoms with Gasteiger partial charge in [0.15, 0.2) is 0 Å². The Kier molecular flexibility index (Phi) is 40.1. The van der Waals surface area contributed by atoms with E-state index in [0.717, 1.165) is 38.5 Å². The average Bonchev–Trinajstić information content (AvgIpc) is 3.16. The first-order valence-electron chi connectivity index (χ1n) is 24.5. The van der Waals surface area contributed by atoms with E-state index < -0.39 is 20.0 Å². The summed E-state index contributed by atoms with van der Waals surface area (Å²) in [6.45, 7) is 4.73. The highest BCUT2D eigenvalue weighted by Gasteiger charge is 2.24. The third kappa shape index (κ3) is 43.1. The number of carbonyl (C=O) groups excluding carboxylic acids is 1. The van der Waals surface area contributed by atoms with E-state index in [2.05, 4.69) is 31.3 Å². The lowest BCUT2D eigenvalue weighted by Gasteiger charge is -2.30. The molecule has 340 valence electrons. The Balaban J connectivity index is 4.17. The number of rotatable bonds is 45. The number of aliphatic hydroxyl groups excluding tert-OH is 1. The monoisotopic (exact) mass is 829 g/mol. The standard InChI is InChI=1S/C48H97N2O6P/c1-6-8-10-12-14-16-18-20-21-22-23-24-25-26-27-28-29-30-32-34-36-38-40-42-48(52)49-46(45-56-57(53,54)55-44-43-50(3,4)5)47(51)41-39-37-35-33-31-19-17-15-13-11-9-7-2/h20-21,46-47,51H,6-19,22-45H2,1-5H3,(H-,49,52,53,54)/b21-20+/t46-,47+/m0/s1. The third-order valence-electron chi connectivity index (χ3n) is 11.3. The van der Waals surface area contributed by atoms with Gasteiger partial charge in [-0.3, -0.25) is 9.36 Å². The van der Waals surface area contributed by atoms with Crippen LogP contribution in [-0.2, 0) is 18.4 Å². The molecule has 0 fully saturated rings. The SMILES string of the molecule is CCCCCCCC/C=C/CCCCCCCCCCCCCCCC(=O)N[C@@H](COP(=O)([O-])OCC[N+](C)(C)C)[C@H](O)CCCCCCCCCCCCCC. The predicted molar refractivity (Wildman–Crippen MR) is 242 cm³/mol. The summed E-state index contributed by atoms with van der Waals surface area (Å²) in [5.41, 5.74) is 0. The van der Waals surface area contributed by atoms with Gasteiger partial charge in [-0.25, -0.2) is 0 Å². The highest BCUT2D eigenvalue weighted by Crippen LogP contribution is 2.38. The molecule has 0 spiro atoms. The van der Waals surface area contributed by atoms with Gasteiger partial charge in [0.1, 0.15) is 13.2 Å². The van der Waals surface area contributed by atoms with Gasteiger partial charge in [-0.2, -0.15) is 0 Å². The van der Waals surface area contributed by atoms with Crippen molar-refractivity contribution in [2.75, 3.05) is 40.9 Å². The van der Waals surface area contributed by atoms with Gasteiger partial charge in [-0.1, -0.05) is 206 Å². The lowest BCUT2D eigenvalue weighted by atomic mass is 10.0. The van der Waals surface area contributed by atoms with E-state index in [1.165, 1.54) is 173 Å². The van der Waals surface area contributed by atoms with Crippen LogP contribution < -0.4 is 10.2 Å². The molecular weight excluding hydrogens is 732 g/mol. The van der Waals surface area contributed by atoms with Crippen LogP contribution >= 0.6 is 7.82 Å². The maximum absolute atomic E-state index is 12.9. The molecule has 57 heavy (non-hydrogen) atoms. The summed E-state index contributed by atoms with van der Waals surface area (Å²) in [4.78, 5) is 25.4. The summed E-state index contributed by atoms with van der Waals surface area (Å²) in [6, 6.07) is -0.795. The molecule has 1 unspecified atom stereocenters. The lowest BCUT2D eigenvalue weighted by molar-refractivity contribution is -0.870. The normalized spacial score (nSPS) is 14.3. The smallest absolute Gasteiger partial charge is 0.268 e. The number of nitrogens with zero attached hydrogens (tertiary/aromatic N) is 1. The van der Waals surface area contributed by atoms with Crippen LogP contribution in [0.4, 0.5) is 0 Å². The van der Waals surface area contributed by atoms with Crippen LogP contribution in [0.3, 0.4) is 0 Å². The molecule has 0 bridgehead atoms. The van der Waals surface area contributed by atoms with E-state index in [0.29, 0.717) is 23.9 Å². The predicted octanol–water partition coefficient (Wildman–Crippen LogP) is 13.3. The highest BCUT2D eigenvalue weighted by molar-refractivity contribution is 7.45. The number of amides is 1. The lowest BCUT2D eigenvalue weighted by Crippen LogP contribution is -2.46. The first kappa shape index (κ1) is 56.2. The van der Waals surface area contributed by atoms with Gasteiger partial charge in [-0.05, 0) is 38.5 Å². The number of nitrogens with one attached hydrogen (secondary N) is 1. The van der Waals surface area contributed by atoms with Gasteiger partial charge in [0, 0.05) is 6.42 Å². The Bertz CT molecular complexity index is 942. The first-order chi connectivity index (χ1) is 27.5. The fourth-order valence-electron chi connectivity index (χ4n) is 7.33. The van der Waals surface area contributed by atoms with Gasteiger partial charge in [0.25, 0.3) is 7.82 Å². The van der Waals surface area contributed by atoms with Crippen LogP contribution in [0.25, 0.3) is 0 Å². The molecule has 2 N–H and O–H groups in total. The molecule has 0 aromatic carbocycles. The Labute approximate surface area is 354 Å². The second-order valence-corrected chi connectivity index (χ2v) is 19.6. The molecule has 0 aliphatic rings. The number of hydrogen-bond acceptors (Lipinski definition) is 6. The Morgan fingerprint density at radius 2 is 0.965 bits per heavy atom. The fourth-order valence-corrected chi connectivity index (χ4v) is 8.05. The Morgan fingerprint density at radius 3 is 1.37 bits per heavy atom. The molecule has 0 rings (SSSR count). The summed E-state index contributed by atoms with van der Waals surface area (Å²) >= 11 is 0. The van der Waals surface area contributed by atoms with E-state index in [9.17, 15) is 19.4 Å². The minimum atomic E-state index is -4.56. The van der Waals surface area contributed by atoms with Crippen molar-refractivity contribution >= 4 is 13.7 Å². The van der Waals surface area contributed by atoms with E-state index in [1.807, 2.05) is 21.1 Å². The van der Waals surface area contributed by atoms with Crippen molar-refractivity contribution in [1.82, 2.24) is 5.32 Å². The summed E-state index contributed by atoms with van der Waals surface area (Å²) in [6.07, 6.45) is 46.5. The number of hydrogen-bond donors (Lipinski definition) is 2. The van der Waals surface area contributed by atoms with Gasteiger partial charge >= 0.3 is 0 Å². The minimum absolute atomic E-state index is 0.0145. The molecule has 3 atom stereocenters. The van der Waals surface area contributed by atoms with Gasteiger partial charge < -0.3 is 28.8 Å². The quantitative estimate of drug-likeness (QED) is 0.0274. The molecule has 0 aliphatic heterocycles. The molecule has 0 saturated carbocycles. The number of phosphoric acid groups is 1. The number of quaternary nitrogens is 1. The van der Waals surface area contributed by atoms with E-state index in [4.69, 9.17) is 9.05 Å². The molecule has 0 aliphatic carbocycles. The van der Waals surface area contributed by atoms with Crippen molar-refractivity contribution in [3.8, 4) is 0 Å². The Morgan fingerprint density at radius 1 is 0.596 bits per heavy atom. The summed E-state index contributed by atoms with van der Waals surface area (Å²) in [5, 5.41) is 13.9. The summed E-state index contributed by atoms with van der Waals surface area (Å²) < 4.78 is 23.3. The average molecular weight is 829 g/mol. The molecule has 8 nitrogen and oxygen atoms in total. The molecule has 0 aromatic heterocycles. The first-order valence-corrected chi connectivity index (χ1v) is 26.0. The van der Waals surface area contributed by atoms with Crippen LogP contribution in [-0.4, -0.2) is 68.5 Å². The van der Waals surface area contributed by atoms with Crippen molar-refractivity contribution < 1.29 is 32.9 Å². The maximum atomic E-state index is 12.9. The van der Waals surface area contributed by atoms with Crippen molar-refractivity contribution in [3.05, 3.63) is 12.2 Å². The van der Waals surface area contributed by atoms with E-state index >= 15 is 0 Å². The largest absolute Gasteiger partial charge is 0.756 e. The van der Waals surface area contributed by atoms with Crippen molar-refractivity contribution in [2.24, 2.45) is 0 Å². The maximum Gasteiger partial charge on any atom is 0.268 e. The zero-order valence-electron chi connectivity index (χ0n) is 38.6.